The predicted molar refractivity (Wildman–Crippen MR) is 102 cm³/mol. The summed E-state index contributed by atoms with van der Waals surface area (Å²) in [6.07, 6.45) is 2.18. The van der Waals surface area contributed by atoms with E-state index in [0.717, 1.165) is 22.5 Å². The van der Waals surface area contributed by atoms with Gasteiger partial charge in [0, 0.05) is 5.69 Å². The number of aryl methyl sites for hydroxylation is 1. The van der Waals surface area contributed by atoms with E-state index in [2.05, 4.69) is 5.32 Å². The number of sulfonamides is 1. The molecule has 2 aromatic carbocycles. The maximum absolute atomic E-state index is 13.2. The van der Waals surface area contributed by atoms with Crippen LogP contribution in [0, 0.1) is 5.82 Å². The molecular formula is C19H23FN2O3S. The second kappa shape index (κ2) is 8.31. The van der Waals surface area contributed by atoms with Crippen molar-refractivity contribution in [3.05, 3.63) is 59.9 Å². The molecule has 0 radical (unpaired) electrons. The first-order chi connectivity index (χ1) is 12.3. The fraction of sp³-hybridized carbons (Fsp3) is 0.316. The molecule has 2 aromatic rings. The second-order valence-electron chi connectivity index (χ2n) is 6.00. The molecule has 26 heavy (non-hydrogen) atoms. The van der Waals surface area contributed by atoms with Crippen LogP contribution < -0.4 is 9.62 Å². The third-order valence-electron chi connectivity index (χ3n) is 4.04. The van der Waals surface area contributed by atoms with Crippen LogP contribution in [-0.4, -0.2) is 26.6 Å². The highest BCUT2D eigenvalue weighted by molar-refractivity contribution is 7.92. The van der Waals surface area contributed by atoms with Gasteiger partial charge in [0.15, 0.2) is 0 Å². The van der Waals surface area contributed by atoms with E-state index in [9.17, 15) is 17.6 Å². The summed E-state index contributed by atoms with van der Waals surface area (Å²) in [5.41, 5.74) is 1.98. The molecule has 2 rings (SSSR count). The number of nitrogens with one attached hydrogen (secondary N) is 1. The van der Waals surface area contributed by atoms with Gasteiger partial charge < -0.3 is 5.32 Å². The van der Waals surface area contributed by atoms with Gasteiger partial charge in [-0.3, -0.25) is 9.10 Å². The summed E-state index contributed by atoms with van der Waals surface area (Å²) in [5, 5.41) is 2.76. The molecule has 0 heterocycles. The number of carbonyl (C=O) groups excluding carboxylic acids is 1. The molecule has 7 heteroatoms. The van der Waals surface area contributed by atoms with Crippen LogP contribution in [0.4, 0.5) is 15.8 Å². The lowest BCUT2D eigenvalue weighted by Gasteiger charge is -2.30. The van der Waals surface area contributed by atoms with E-state index in [1.807, 2.05) is 19.1 Å². The van der Waals surface area contributed by atoms with E-state index < -0.39 is 27.8 Å². The summed E-state index contributed by atoms with van der Waals surface area (Å²) in [6, 6.07) is 11.5. The first kappa shape index (κ1) is 19.9. The standard InChI is InChI=1S/C19H23FN2O3S/c1-4-14-6-10-16(11-7-14)21-19(23)18(5-2)22(26(3,24)25)17-12-8-15(20)9-13-17/h6-13,18H,4-5H2,1-3H3,(H,21,23)/t18-/m1/s1. The minimum Gasteiger partial charge on any atom is -0.324 e. The van der Waals surface area contributed by atoms with Gasteiger partial charge in [-0.05, 0) is 54.8 Å². The van der Waals surface area contributed by atoms with Crippen LogP contribution in [-0.2, 0) is 21.2 Å². The molecule has 0 aliphatic heterocycles. The SMILES string of the molecule is CCc1ccc(NC(=O)[C@@H](CC)N(c2ccc(F)cc2)S(C)(=O)=O)cc1. The Bertz CT molecular complexity index is 849. The fourth-order valence-corrected chi connectivity index (χ4v) is 3.91. The van der Waals surface area contributed by atoms with E-state index in [1.54, 1.807) is 19.1 Å². The van der Waals surface area contributed by atoms with E-state index in [-0.39, 0.29) is 12.1 Å². The van der Waals surface area contributed by atoms with Crippen molar-refractivity contribution in [1.29, 1.82) is 0 Å². The van der Waals surface area contributed by atoms with E-state index in [0.29, 0.717) is 5.69 Å². The van der Waals surface area contributed by atoms with Crippen molar-refractivity contribution in [1.82, 2.24) is 0 Å². The molecular weight excluding hydrogens is 355 g/mol. The number of carbonyl (C=O) groups is 1. The van der Waals surface area contributed by atoms with Gasteiger partial charge in [-0.15, -0.1) is 0 Å². The lowest BCUT2D eigenvalue weighted by molar-refractivity contribution is -0.117. The van der Waals surface area contributed by atoms with Crippen LogP contribution in [0.2, 0.25) is 0 Å². The Labute approximate surface area is 153 Å². The Morgan fingerprint density at radius 2 is 1.65 bits per heavy atom. The summed E-state index contributed by atoms with van der Waals surface area (Å²) >= 11 is 0. The molecule has 0 unspecified atom stereocenters. The zero-order valence-corrected chi connectivity index (χ0v) is 15.9. The Morgan fingerprint density at radius 3 is 2.12 bits per heavy atom. The zero-order valence-electron chi connectivity index (χ0n) is 15.1. The van der Waals surface area contributed by atoms with Crippen molar-refractivity contribution >= 4 is 27.3 Å². The van der Waals surface area contributed by atoms with Crippen LogP contribution >= 0.6 is 0 Å². The Kier molecular flexibility index (Phi) is 6.37. The molecule has 0 saturated heterocycles. The first-order valence-corrected chi connectivity index (χ1v) is 10.3. The first-order valence-electron chi connectivity index (χ1n) is 8.41. The third-order valence-corrected chi connectivity index (χ3v) is 5.22. The summed E-state index contributed by atoms with van der Waals surface area (Å²) in [6.45, 7) is 3.76. The molecule has 5 nitrogen and oxygen atoms in total. The van der Waals surface area contributed by atoms with Crippen molar-refractivity contribution < 1.29 is 17.6 Å². The number of amides is 1. The van der Waals surface area contributed by atoms with Crippen molar-refractivity contribution in [2.75, 3.05) is 15.9 Å². The minimum absolute atomic E-state index is 0.247. The maximum Gasteiger partial charge on any atom is 0.248 e. The molecule has 1 atom stereocenters. The number of anilines is 2. The Morgan fingerprint density at radius 1 is 1.08 bits per heavy atom. The minimum atomic E-state index is -3.74. The number of nitrogens with zero attached hydrogens (tertiary/aromatic N) is 1. The summed E-state index contributed by atoms with van der Waals surface area (Å²) in [7, 11) is -3.74. The molecule has 0 aliphatic rings. The number of hydrogen-bond acceptors (Lipinski definition) is 3. The molecule has 0 spiro atoms. The van der Waals surface area contributed by atoms with Crippen LogP contribution in [0.15, 0.2) is 48.5 Å². The number of rotatable bonds is 7. The van der Waals surface area contributed by atoms with Gasteiger partial charge >= 0.3 is 0 Å². The van der Waals surface area contributed by atoms with Gasteiger partial charge in [-0.2, -0.15) is 0 Å². The largest absolute Gasteiger partial charge is 0.324 e. The second-order valence-corrected chi connectivity index (χ2v) is 7.86. The normalized spacial score (nSPS) is 12.5. The van der Waals surface area contributed by atoms with E-state index in [1.165, 1.54) is 24.3 Å². The van der Waals surface area contributed by atoms with Crippen LogP contribution in [0.25, 0.3) is 0 Å². The van der Waals surface area contributed by atoms with Crippen molar-refractivity contribution in [2.24, 2.45) is 0 Å². The van der Waals surface area contributed by atoms with Crippen molar-refractivity contribution in [3.8, 4) is 0 Å². The van der Waals surface area contributed by atoms with Crippen LogP contribution in [0.1, 0.15) is 25.8 Å². The highest BCUT2D eigenvalue weighted by atomic mass is 32.2. The predicted octanol–water partition coefficient (Wildman–Crippen LogP) is 3.57. The molecule has 0 bridgehead atoms. The molecule has 1 amide bonds. The number of hydrogen-bond donors (Lipinski definition) is 1. The van der Waals surface area contributed by atoms with Gasteiger partial charge in [-0.25, -0.2) is 12.8 Å². The van der Waals surface area contributed by atoms with Gasteiger partial charge in [0.1, 0.15) is 11.9 Å². The summed E-state index contributed by atoms with van der Waals surface area (Å²) in [4.78, 5) is 12.7. The van der Waals surface area contributed by atoms with Gasteiger partial charge in [-0.1, -0.05) is 26.0 Å². The molecule has 0 aliphatic carbocycles. The third kappa shape index (κ3) is 4.82. The van der Waals surface area contributed by atoms with Crippen molar-refractivity contribution in [3.63, 3.8) is 0 Å². The highest BCUT2D eigenvalue weighted by Gasteiger charge is 2.31. The van der Waals surface area contributed by atoms with E-state index in [4.69, 9.17) is 0 Å². The van der Waals surface area contributed by atoms with Gasteiger partial charge in [0.25, 0.3) is 0 Å². The fourth-order valence-electron chi connectivity index (χ4n) is 2.70. The quantitative estimate of drug-likeness (QED) is 0.801. The number of benzene rings is 2. The van der Waals surface area contributed by atoms with Gasteiger partial charge in [0.05, 0.1) is 11.9 Å². The molecule has 0 fully saturated rings. The monoisotopic (exact) mass is 378 g/mol. The number of halogens is 1. The molecule has 1 N–H and O–H groups in total. The summed E-state index contributed by atoms with van der Waals surface area (Å²) in [5.74, 6) is -0.915. The molecule has 140 valence electrons. The highest BCUT2D eigenvalue weighted by Crippen LogP contribution is 2.23. The van der Waals surface area contributed by atoms with Crippen molar-refractivity contribution in [2.45, 2.75) is 32.7 Å². The summed E-state index contributed by atoms with van der Waals surface area (Å²) < 4.78 is 38.8. The average Bonchev–Trinajstić information content (AvgIpc) is 2.60. The van der Waals surface area contributed by atoms with Gasteiger partial charge in [0.2, 0.25) is 15.9 Å². The topological polar surface area (TPSA) is 66.5 Å². The Balaban J connectivity index is 2.31. The maximum atomic E-state index is 13.2. The smallest absolute Gasteiger partial charge is 0.248 e. The molecule has 0 saturated carbocycles. The lowest BCUT2D eigenvalue weighted by Crippen LogP contribution is -2.47. The van der Waals surface area contributed by atoms with Crippen LogP contribution in [0.5, 0.6) is 0 Å². The van der Waals surface area contributed by atoms with Crippen LogP contribution in [0.3, 0.4) is 0 Å². The molecule has 0 aromatic heterocycles. The lowest BCUT2D eigenvalue weighted by atomic mass is 10.1. The van der Waals surface area contributed by atoms with E-state index >= 15 is 0 Å². The average molecular weight is 378 g/mol. The Hall–Kier alpha value is -2.41. The zero-order chi connectivity index (χ0) is 19.3.